The molecule has 21 heavy (non-hydrogen) atoms. The molecule has 1 aromatic heterocycles. The summed E-state index contributed by atoms with van der Waals surface area (Å²) >= 11 is 11.5. The lowest BCUT2D eigenvalue weighted by atomic mass is 10.1. The number of alkyl halides is 3. The van der Waals surface area contributed by atoms with Crippen LogP contribution in [0.5, 0.6) is 0 Å². The number of aromatic nitrogens is 2. The average Bonchev–Trinajstić information content (AvgIpc) is 2.38. The smallest absolute Gasteiger partial charge is 0.338 e. The van der Waals surface area contributed by atoms with Crippen molar-refractivity contribution in [1.82, 2.24) is 10.2 Å². The maximum atomic E-state index is 12.8. The van der Waals surface area contributed by atoms with Crippen LogP contribution in [0.25, 0.3) is 0 Å². The van der Waals surface area contributed by atoms with E-state index < -0.39 is 11.7 Å². The van der Waals surface area contributed by atoms with Crippen molar-refractivity contribution in [2.24, 2.45) is 0 Å². The SMILES string of the molecule is Cc1c(Cl)nnc(Nc2cc(Cl)cc(C(F)(F)F)c2)c1C. The van der Waals surface area contributed by atoms with E-state index in [9.17, 15) is 13.2 Å². The van der Waals surface area contributed by atoms with Crippen molar-refractivity contribution in [3.05, 3.63) is 45.1 Å². The standard InChI is InChI=1S/C13H10Cl2F3N3/c1-6-7(2)12(21-20-11(6)15)19-10-4-8(13(16,17)18)3-9(14)5-10/h3-5H,1-2H3,(H,19,21). The van der Waals surface area contributed by atoms with Gasteiger partial charge in [-0.05, 0) is 43.2 Å². The van der Waals surface area contributed by atoms with Gasteiger partial charge >= 0.3 is 6.18 Å². The second-order valence-electron chi connectivity index (χ2n) is 4.44. The molecule has 0 fully saturated rings. The van der Waals surface area contributed by atoms with Crippen molar-refractivity contribution < 1.29 is 13.2 Å². The Bertz CT molecular complexity index is 687. The summed E-state index contributed by atoms with van der Waals surface area (Å²) in [5.41, 5.74) is 0.735. The molecule has 112 valence electrons. The Hall–Kier alpha value is -1.53. The van der Waals surface area contributed by atoms with Crippen LogP contribution in [-0.2, 0) is 6.18 Å². The van der Waals surface area contributed by atoms with Crippen LogP contribution in [0.3, 0.4) is 0 Å². The molecule has 0 amide bonds. The van der Waals surface area contributed by atoms with Gasteiger partial charge in [-0.1, -0.05) is 23.2 Å². The number of hydrogen-bond acceptors (Lipinski definition) is 3. The lowest BCUT2D eigenvalue weighted by molar-refractivity contribution is -0.137. The number of nitrogens with one attached hydrogen (secondary N) is 1. The van der Waals surface area contributed by atoms with Gasteiger partial charge in [-0.25, -0.2) is 0 Å². The van der Waals surface area contributed by atoms with Gasteiger partial charge < -0.3 is 5.32 Å². The number of benzene rings is 1. The first-order valence-corrected chi connectivity index (χ1v) is 6.58. The van der Waals surface area contributed by atoms with Crippen molar-refractivity contribution >= 4 is 34.7 Å². The Labute approximate surface area is 129 Å². The fraction of sp³-hybridized carbons (Fsp3) is 0.231. The molecule has 0 radical (unpaired) electrons. The van der Waals surface area contributed by atoms with Gasteiger partial charge in [0.1, 0.15) is 0 Å². The first-order chi connectivity index (χ1) is 9.68. The van der Waals surface area contributed by atoms with E-state index in [1.165, 1.54) is 6.07 Å². The zero-order valence-corrected chi connectivity index (χ0v) is 12.5. The minimum Gasteiger partial charge on any atom is -0.338 e. The highest BCUT2D eigenvalue weighted by Crippen LogP contribution is 2.34. The third kappa shape index (κ3) is 3.57. The highest BCUT2D eigenvalue weighted by atomic mass is 35.5. The van der Waals surface area contributed by atoms with Gasteiger partial charge in [0.05, 0.1) is 5.56 Å². The zero-order chi connectivity index (χ0) is 15.8. The molecule has 0 aliphatic carbocycles. The number of rotatable bonds is 2. The van der Waals surface area contributed by atoms with E-state index in [-0.39, 0.29) is 15.9 Å². The summed E-state index contributed by atoms with van der Waals surface area (Å²) in [6.07, 6.45) is -4.47. The van der Waals surface area contributed by atoms with E-state index >= 15 is 0 Å². The van der Waals surface area contributed by atoms with Gasteiger partial charge in [0.15, 0.2) is 11.0 Å². The largest absolute Gasteiger partial charge is 0.416 e. The van der Waals surface area contributed by atoms with Gasteiger partial charge in [-0.15, -0.1) is 10.2 Å². The molecule has 0 bridgehead atoms. The van der Waals surface area contributed by atoms with Crippen molar-refractivity contribution in [2.45, 2.75) is 20.0 Å². The second-order valence-corrected chi connectivity index (χ2v) is 5.24. The Morgan fingerprint density at radius 2 is 1.67 bits per heavy atom. The highest BCUT2D eigenvalue weighted by molar-refractivity contribution is 6.31. The Morgan fingerprint density at radius 3 is 2.29 bits per heavy atom. The number of anilines is 2. The summed E-state index contributed by atoms with van der Waals surface area (Å²) in [6.45, 7) is 3.49. The Morgan fingerprint density at radius 1 is 1.00 bits per heavy atom. The van der Waals surface area contributed by atoms with Crippen LogP contribution < -0.4 is 5.32 Å². The van der Waals surface area contributed by atoms with Gasteiger partial charge in [-0.2, -0.15) is 13.2 Å². The highest BCUT2D eigenvalue weighted by Gasteiger charge is 2.31. The normalized spacial score (nSPS) is 11.6. The summed E-state index contributed by atoms with van der Waals surface area (Å²) in [6, 6.07) is 3.19. The molecular weight excluding hydrogens is 326 g/mol. The van der Waals surface area contributed by atoms with E-state index in [4.69, 9.17) is 23.2 Å². The quantitative estimate of drug-likeness (QED) is 0.823. The number of nitrogens with zero attached hydrogens (tertiary/aromatic N) is 2. The van der Waals surface area contributed by atoms with Crippen molar-refractivity contribution in [2.75, 3.05) is 5.32 Å². The Balaban J connectivity index is 2.41. The third-order valence-corrected chi connectivity index (χ3v) is 3.53. The molecule has 8 heteroatoms. The van der Waals surface area contributed by atoms with Crippen LogP contribution in [0.1, 0.15) is 16.7 Å². The zero-order valence-electron chi connectivity index (χ0n) is 11.0. The molecule has 1 N–H and O–H groups in total. The average molecular weight is 336 g/mol. The van der Waals surface area contributed by atoms with Crippen LogP contribution in [0.4, 0.5) is 24.7 Å². The van der Waals surface area contributed by atoms with Crippen LogP contribution in [-0.4, -0.2) is 10.2 Å². The van der Waals surface area contributed by atoms with E-state index in [1.807, 2.05) is 0 Å². The summed E-state index contributed by atoms with van der Waals surface area (Å²) in [5, 5.41) is 10.6. The van der Waals surface area contributed by atoms with Gasteiger partial charge in [-0.3, -0.25) is 0 Å². The monoisotopic (exact) mass is 335 g/mol. The fourth-order valence-corrected chi connectivity index (χ4v) is 2.07. The molecule has 1 heterocycles. The summed E-state index contributed by atoms with van der Waals surface area (Å²) in [7, 11) is 0. The molecule has 1 aromatic carbocycles. The molecule has 0 aliphatic heterocycles. The molecule has 0 aliphatic rings. The number of halogens is 5. The predicted octanol–water partition coefficient (Wildman–Crippen LogP) is 5.16. The second kappa shape index (κ2) is 5.69. The molecule has 0 saturated carbocycles. The lowest BCUT2D eigenvalue weighted by Gasteiger charge is -2.13. The van der Waals surface area contributed by atoms with E-state index in [0.29, 0.717) is 16.9 Å². The lowest BCUT2D eigenvalue weighted by Crippen LogP contribution is -2.06. The van der Waals surface area contributed by atoms with E-state index in [2.05, 4.69) is 15.5 Å². The van der Waals surface area contributed by atoms with Crippen molar-refractivity contribution in [3.63, 3.8) is 0 Å². The Kier molecular flexibility index (Phi) is 4.30. The molecule has 0 saturated heterocycles. The first kappa shape index (κ1) is 15.9. The molecule has 0 spiro atoms. The topological polar surface area (TPSA) is 37.8 Å². The van der Waals surface area contributed by atoms with Gasteiger partial charge in [0.2, 0.25) is 0 Å². The molecule has 0 atom stereocenters. The van der Waals surface area contributed by atoms with Crippen LogP contribution in [0.2, 0.25) is 10.2 Å². The first-order valence-electron chi connectivity index (χ1n) is 5.82. The van der Waals surface area contributed by atoms with Crippen molar-refractivity contribution in [3.8, 4) is 0 Å². The van der Waals surface area contributed by atoms with Gasteiger partial charge in [0.25, 0.3) is 0 Å². The maximum Gasteiger partial charge on any atom is 0.416 e. The predicted molar refractivity (Wildman–Crippen MR) is 76.3 cm³/mol. The summed E-state index contributed by atoms with van der Waals surface area (Å²) in [4.78, 5) is 0. The van der Waals surface area contributed by atoms with Crippen LogP contribution in [0.15, 0.2) is 18.2 Å². The maximum absolute atomic E-state index is 12.8. The molecular formula is C13H10Cl2F3N3. The summed E-state index contributed by atoms with van der Waals surface area (Å²) < 4.78 is 38.3. The van der Waals surface area contributed by atoms with Crippen molar-refractivity contribution in [1.29, 1.82) is 0 Å². The van der Waals surface area contributed by atoms with E-state index in [0.717, 1.165) is 12.1 Å². The number of hydrogen-bond donors (Lipinski definition) is 1. The fourth-order valence-electron chi connectivity index (χ4n) is 1.66. The minimum atomic E-state index is -4.47. The molecule has 2 aromatic rings. The minimum absolute atomic E-state index is 0.0244. The van der Waals surface area contributed by atoms with Crippen LogP contribution in [0, 0.1) is 13.8 Å². The van der Waals surface area contributed by atoms with Crippen LogP contribution >= 0.6 is 23.2 Å². The third-order valence-electron chi connectivity index (χ3n) is 2.95. The van der Waals surface area contributed by atoms with E-state index in [1.54, 1.807) is 13.8 Å². The van der Waals surface area contributed by atoms with Gasteiger partial charge in [0, 0.05) is 10.7 Å². The molecule has 2 rings (SSSR count). The molecule has 3 nitrogen and oxygen atoms in total. The molecule has 0 unspecified atom stereocenters. The summed E-state index contributed by atoms with van der Waals surface area (Å²) in [5.74, 6) is 0.326.